The monoisotopic (exact) mass is 221 g/mol. The van der Waals surface area contributed by atoms with Crippen molar-refractivity contribution in [1.82, 2.24) is 15.3 Å². The zero-order valence-electron chi connectivity index (χ0n) is 9.99. The van der Waals surface area contributed by atoms with Crippen LogP contribution in [0.1, 0.15) is 31.3 Å². The first-order valence-electron chi connectivity index (χ1n) is 5.98. The van der Waals surface area contributed by atoms with Crippen LogP contribution < -0.4 is 10.1 Å². The van der Waals surface area contributed by atoms with Gasteiger partial charge in [-0.05, 0) is 32.7 Å². The van der Waals surface area contributed by atoms with Crippen LogP contribution in [0.15, 0.2) is 6.07 Å². The fraction of sp³-hybridized carbons (Fsp3) is 0.667. The number of nitrogens with zero attached hydrogens (tertiary/aromatic N) is 2. The third-order valence-corrected chi connectivity index (χ3v) is 2.82. The summed E-state index contributed by atoms with van der Waals surface area (Å²) in [6, 6.07) is 2.42. The molecule has 2 rings (SSSR count). The molecule has 0 saturated carbocycles. The first-order valence-corrected chi connectivity index (χ1v) is 5.98. The summed E-state index contributed by atoms with van der Waals surface area (Å²) < 4.78 is 5.70. The quantitative estimate of drug-likeness (QED) is 0.836. The number of ether oxygens (including phenoxy) is 1. The fourth-order valence-electron chi connectivity index (χ4n) is 1.94. The van der Waals surface area contributed by atoms with Gasteiger partial charge >= 0.3 is 0 Å². The van der Waals surface area contributed by atoms with Crippen LogP contribution in [0.4, 0.5) is 0 Å². The number of nitrogens with one attached hydrogen (secondary N) is 1. The molecule has 4 heteroatoms. The predicted octanol–water partition coefficient (Wildman–Crippen LogP) is 1.48. The highest BCUT2D eigenvalue weighted by Crippen LogP contribution is 2.12. The molecule has 2 heterocycles. The van der Waals surface area contributed by atoms with Gasteiger partial charge in [0, 0.05) is 17.8 Å². The van der Waals surface area contributed by atoms with E-state index in [-0.39, 0.29) is 0 Å². The van der Waals surface area contributed by atoms with Crippen molar-refractivity contribution in [2.75, 3.05) is 13.2 Å². The molecule has 0 amide bonds. The van der Waals surface area contributed by atoms with E-state index in [9.17, 15) is 0 Å². The van der Waals surface area contributed by atoms with Gasteiger partial charge in [-0.3, -0.25) is 0 Å². The molecule has 1 saturated heterocycles. The van der Waals surface area contributed by atoms with Crippen LogP contribution in [-0.2, 0) is 6.42 Å². The third kappa shape index (κ3) is 2.92. The highest BCUT2D eigenvalue weighted by Gasteiger charge is 2.14. The summed E-state index contributed by atoms with van der Waals surface area (Å²) in [5.41, 5.74) is 1.04. The minimum Gasteiger partial charge on any atom is -0.476 e. The van der Waals surface area contributed by atoms with Crippen molar-refractivity contribution in [1.29, 1.82) is 0 Å². The van der Waals surface area contributed by atoms with E-state index in [0.717, 1.165) is 24.5 Å². The number of hydrogen-bond donors (Lipinski definition) is 1. The van der Waals surface area contributed by atoms with E-state index in [1.807, 2.05) is 13.0 Å². The SMILES string of the molecule is CCc1cc(OCC2CCCN2)nc(C)n1. The van der Waals surface area contributed by atoms with Crippen molar-refractivity contribution in [3.05, 3.63) is 17.6 Å². The Balaban J connectivity index is 1.94. The van der Waals surface area contributed by atoms with E-state index in [4.69, 9.17) is 4.74 Å². The zero-order valence-corrected chi connectivity index (χ0v) is 9.99. The molecule has 1 fully saturated rings. The molecule has 0 bridgehead atoms. The van der Waals surface area contributed by atoms with Gasteiger partial charge in [-0.1, -0.05) is 6.92 Å². The highest BCUT2D eigenvalue weighted by molar-refractivity contribution is 5.16. The van der Waals surface area contributed by atoms with Gasteiger partial charge in [-0.2, -0.15) is 4.98 Å². The topological polar surface area (TPSA) is 47.0 Å². The molecule has 1 aromatic rings. The molecule has 0 aromatic carbocycles. The number of hydrogen-bond acceptors (Lipinski definition) is 4. The molecule has 0 radical (unpaired) electrons. The van der Waals surface area contributed by atoms with Gasteiger partial charge in [-0.15, -0.1) is 0 Å². The molecule has 88 valence electrons. The molecular weight excluding hydrogens is 202 g/mol. The van der Waals surface area contributed by atoms with Gasteiger partial charge in [0.15, 0.2) is 0 Å². The Labute approximate surface area is 96.4 Å². The van der Waals surface area contributed by atoms with Crippen molar-refractivity contribution in [2.45, 2.75) is 39.2 Å². The largest absolute Gasteiger partial charge is 0.476 e. The molecule has 1 atom stereocenters. The van der Waals surface area contributed by atoms with Gasteiger partial charge in [0.05, 0.1) is 0 Å². The molecule has 1 aliphatic heterocycles. The van der Waals surface area contributed by atoms with Crippen LogP contribution in [0.25, 0.3) is 0 Å². The average Bonchev–Trinajstić information content (AvgIpc) is 2.78. The summed E-state index contributed by atoms with van der Waals surface area (Å²) in [4.78, 5) is 8.61. The van der Waals surface area contributed by atoms with Crippen molar-refractivity contribution in [3.63, 3.8) is 0 Å². The molecule has 1 aliphatic rings. The molecule has 1 unspecified atom stereocenters. The summed E-state index contributed by atoms with van der Waals surface area (Å²) >= 11 is 0. The maximum absolute atomic E-state index is 5.70. The van der Waals surface area contributed by atoms with Crippen molar-refractivity contribution in [3.8, 4) is 5.88 Å². The minimum atomic E-state index is 0.486. The second-order valence-electron chi connectivity index (χ2n) is 4.20. The lowest BCUT2D eigenvalue weighted by Gasteiger charge is -2.12. The van der Waals surface area contributed by atoms with E-state index in [1.54, 1.807) is 0 Å². The summed E-state index contributed by atoms with van der Waals surface area (Å²) in [7, 11) is 0. The first kappa shape index (κ1) is 11.3. The van der Waals surface area contributed by atoms with Crippen LogP contribution in [-0.4, -0.2) is 29.2 Å². The minimum absolute atomic E-state index is 0.486. The number of aromatic nitrogens is 2. The zero-order chi connectivity index (χ0) is 11.4. The van der Waals surface area contributed by atoms with Gasteiger partial charge in [0.1, 0.15) is 12.4 Å². The van der Waals surface area contributed by atoms with Crippen molar-refractivity contribution in [2.24, 2.45) is 0 Å². The average molecular weight is 221 g/mol. The van der Waals surface area contributed by atoms with Gasteiger partial charge in [0.25, 0.3) is 0 Å². The van der Waals surface area contributed by atoms with Crippen molar-refractivity contribution >= 4 is 0 Å². The standard InChI is InChI=1S/C12H19N3O/c1-3-10-7-12(15-9(2)14-10)16-8-11-5-4-6-13-11/h7,11,13H,3-6,8H2,1-2H3. The third-order valence-electron chi connectivity index (χ3n) is 2.82. The van der Waals surface area contributed by atoms with Gasteiger partial charge in [0.2, 0.25) is 5.88 Å². The summed E-state index contributed by atoms with van der Waals surface area (Å²) in [5, 5.41) is 3.40. The van der Waals surface area contributed by atoms with E-state index >= 15 is 0 Å². The smallest absolute Gasteiger partial charge is 0.216 e. The van der Waals surface area contributed by atoms with E-state index < -0.39 is 0 Å². The van der Waals surface area contributed by atoms with Crippen LogP contribution in [0, 0.1) is 6.92 Å². The summed E-state index contributed by atoms with van der Waals surface area (Å²) in [5.74, 6) is 1.49. The van der Waals surface area contributed by atoms with E-state index in [0.29, 0.717) is 18.5 Å². The van der Waals surface area contributed by atoms with E-state index in [2.05, 4.69) is 22.2 Å². The predicted molar refractivity (Wildman–Crippen MR) is 62.7 cm³/mol. The van der Waals surface area contributed by atoms with Crippen molar-refractivity contribution < 1.29 is 4.74 Å². The second kappa shape index (κ2) is 5.25. The van der Waals surface area contributed by atoms with Crippen LogP contribution in [0.5, 0.6) is 5.88 Å². The highest BCUT2D eigenvalue weighted by atomic mass is 16.5. The lowest BCUT2D eigenvalue weighted by atomic mass is 10.2. The fourth-order valence-corrected chi connectivity index (χ4v) is 1.94. The molecule has 0 spiro atoms. The van der Waals surface area contributed by atoms with Gasteiger partial charge in [-0.25, -0.2) is 4.98 Å². The molecule has 0 aliphatic carbocycles. The first-order chi connectivity index (χ1) is 7.78. The Bertz CT molecular complexity index is 348. The Morgan fingerprint density at radius 3 is 3.06 bits per heavy atom. The maximum Gasteiger partial charge on any atom is 0.216 e. The number of rotatable bonds is 4. The van der Waals surface area contributed by atoms with Crippen LogP contribution in [0.3, 0.4) is 0 Å². The molecule has 1 aromatic heterocycles. The van der Waals surface area contributed by atoms with E-state index in [1.165, 1.54) is 12.8 Å². The Morgan fingerprint density at radius 1 is 1.50 bits per heavy atom. The number of aryl methyl sites for hydroxylation is 2. The molecule has 4 nitrogen and oxygen atoms in total. The molecule has 1 N–H and O–H groups in total. The molecular formula is C12H19N3O. The Hall–Kier alpha value is -1.16. The normalized spacial score (nSPS) is 20.0. The Morgan fingerprint density at radius 2 is 2.38 bits per heavy atom. The van der Waals surface area contributed by atoms with Gasteiger partial charge < -0.3 is 10.1 Å². The summed E-state index contributed by atoms with van der Waals surface area (Å²) in [6.07, 6.45) is 3.36. The lowest BCUT2D eigenvalue weighted by Crippen LogP contribution is -2.28. The lowest BCUT2D eigenvalue weighted by molar-refractivity contribution is 0.266. The summed E-state index contributed by atoms with van der Waals surface area (Å²) in [6.45, 7) is 5.81. The molecule has 16 heavy (non-hydrogen) atoms. The van der Waals surface area contributed by atoms with Crippen LogP contribution in [0.2, 0.25) is 0 Å². The van der Waals surface area contributed by atoms with Crippen LogP contribution >= 0.6 is 0 Å². The maximum atomic E-state index is 5.70. The Kier molecular flexibility index (Phi) is 3.72. The second-order valence-corrected chi connectivity index (χ2v) is 4.20.